The molecule has 1 heterocycles. The zero-order valence-corrected chi connectivity index (χ0v) is 14.2. The molecule has 0 saturated heterocycles. The Morgan fingerprint density at radius 1 is 1.29 bits per heavy atom. The fourth-order valence-electron chi connectivity index (χ4n) is 2.59. The molecule has 2 rings (SSSR count). The van der Waals surface area contributed by atoms with Crippen LogP contribution in [0.4, 0.5) is 0 Å². The average molecular weight is 326 g/mol. The van der Waals surface area contributed by atoms with Crippen molar-refractivity contribution in [2.45, 2.75) is 39.2 Å². The summed E-state index contributed by atoms with van der Waals surface area (Å²) in [6.45, 7) is 4.14. The lowest BCUT2D eigenvalue weighted by atomic mass is 9.99. The van der Waals surface area contributed by atoms with E-state index >= 15 is 0 Å². The maximum Gasteiger partial charge on any atom is 0.0628 e. The largest absolute Gasteiger partial charge is 0.327 e. The SMILES string of the molecule is Cc1nn(C)c(C)c1CCC(N)Cc1cc(Cl)ccc1Cl. The summed E-state index contributed by atoms with van der Waals surface area (Å²) in [5, 5.41) is 5.86. The summed E-state index contributed by atoms with van der Waals surface area (Å²) in [5.74, 6) is 0. The lowest BCUT2D eigenvalue weighted by Gasteiger charge is -2.13. The smallest absolute Gasteiger partial charge is 0.0628 e. The molecule has 0 bridgehead atoms. The molecule has 0 fully saturated rings. The molecule has 2 aromatic rings. The summed E-state index contributed by atoms with van der Waals surface area (Å²) < 4.78 is 1.92. The molecule has 1 unspecified atom stereocenters. The fourth-order valence-corrected chi connectivity index (χ4v) is 2.98. The van der Waals surface area contributed by atoms with Gasteiger partial charge in [-0.05, 0) is 62.4 Å². The molecule has 114 valence electrons. The predicted molar refractivity (Wildman–Crippen MR) is 89.1 cm³/mol. The molecule has 3 nitrogen and oxygen atoms in total. The zero-order valence-electron chi connectivity index (χ0n) is 12.7. The lowest BCUT2D eigenvalue weighted by Crippen LogP contribution is -2.23. The molecule has 0 aliphatic rings. The van der Waals surface area contributed by atoms with E-state index < -0.39 is 0 Å². The van der Waals surface area contributed by atoms with Crippen LogP contribution in [-0.4, -0.2) is 15.8 Å². The first-order valence-electron chi connectivity index (χ1n) is 7.07. The summed E-state index contributed by atoms with van der Waals surface area (Å²) in [7, 11) is 1.97. The molecule has 0 spiro atoms. The van der Waals surface area contributed by atoms with Gasteiger partial charge in [-0.3, -0.25) is 4.68 Å². The van der Waals surface area contributed by atoms with Crippen molar-refractivity contribution < 1.29 is 0 Å². The molecule has 0 amide bonds. The lowest BCUT2D eigenvalue weighted by molar-refractivity contribution is 0.608. The van der Waals surface area contributed by atoms with Gasteiger partial charge in [-0.1, -0.05) is 23.2 Å². The van der Waals surface area contributed by atoms with E-state index in [0.29, 0.717) is 5.02 Å². The van der Waals surface area contributed by atoms with Crippen molar-refractivity contribution in [1.82, 2.24) is 9.78 Å². The summed E-state index contributed by atoms with van der Waals surface area (Å²) in [6, 6.07) is 5.56. The van der Waals surface area contributed by atoms with E-state index in [-0.39, 0.29) is 6.04 Å². The van der Waals surface area contributed by atoms with Crippen LogP contribution in [0.3, 0.4) is 0 Å². The third-order valence-electron chi connectivity index (χ3n) is 3.91. The first-order valence-corrected chi connectivity index (χ1v) is 7.82. The van der Waals surface area contributed by atoms with Gasteiger partial charge in [0.1, 0.15) is 0 Å². The Hall–Kier alpha value is -1.03. The van der Waals surface area contributed by atoms with Crippen molar-refractivity contribution in [2.24, 2.45) is 12.8 Å². The van der Waals surface area contributed by atoms with Gasteiger partial charge >= 0.3 is 0 Å². The molecule has 1 aromatic carbocycles. The Morgan fingerprint density at radius 3 is 2.62 bits per heavy atom. The Balaban J connectivity index is 1.99. The minimum atomic E-state index is 0.0555. The van der Waals surface area contributed by atoms with Gasteiger partial charge in [-0.15, -0.1) is 0 Å². The number of rotatable bonds is 5. The molecule has 5 heteroatoms. The van der Waals surface area contributed by atoms with Crippen LogP contribution in [0.15, 0.2) is 18.2 Å². The number of nitrogens with two attached hydrogens (primary N) is 1. The molecule has 0 radical (unpaired) electrons. The minimum Gasteiger partial charge on any atom is -0.327 e. The number of aromatic nitrogens is 2. The van der Waals surface area contributed by atoms with Gasteiger partial charge in [-0.2, -0.15) is 5.10 Å². The predicted octanol–water partition coefficient (Wildman–Crippen LogP) is 3.85. The maximum atomic E-state index is 6.25. The second-order valence-electron chi connectivity index (χ2n) is 5.51. The Bertz CT molecular complexity index is 635. The number of halogens is 2. The molecule has 0 aliphatic heterocycles. The van der Waals surface area contributed by atoms with Crippen molar-refractivity contribution >= 4 is 23.2 Å². The second-order valence-corrected chi connectivity index (χ2v) is 6.36. The van der Waals surface area contributed by atoms with Crippen LogP contribution in [0.1, 0.15) is 28.9 Å². The van der Waals surface area contributed by atoms with E-state index in [0.717, 1.165) is 35.5 Å². The summed E-state index contributed by atoms with van der Waals surface area (Å²) in [6.07, 6.45) is 2.57. The van der Waals surface area contributed by atoms with Crippen LogP contribution >= 0.6 is 23.2 Å². The van der Waals surface area contributed by atoms with Crippen LogP contribution in [-0.2, 0) is 19.9 Å². The van der Waals surface area contributed by atoms with Crippen molar-refractivity contribution in [2.75, 3.05) is 0 Å². The number of hydrogen-bond acceptors (Lipinski definition) is 2. The standard InChI is InChI=1S/C16H21Cl2N3/c1-10-15(11(2)21(3)20-10)6-5-14(19)9-12-8-13(17)4-7-16(12)18/h4,7-8,14H,5-6,9,19H2,1-3H3. The van der Waals surface area contributed by atoms with E-state index in [1.54, 1.807) is 6.07 Å². The van der Waals surface area contributed by atoms with Crippen molar-refractivity contribution in [3.8, 4) is 0 Å². The van der Waals surface area contributed by atoms with Gasteiger partial charge in [0.2, 0.25) is 0 Å². The molecule has 0 saturated carbocycles. The summed E-state index contributed by atoms with van der Waals surface area (Å²) in [4.78, 5) is 0. The first kappa shape index (κ1) is 16.3. The quantitative estimate of drug-likeness (QED) is 0.907. The molecular weight excluding hydrogens is 305 g/mol. The summed E-state index contributed by atoms with van der Waals surface area (Å²) >= 11 is 12.2. The van der Waals surface area contributed by atoms with E-state index in [1.807, 2.05) is 30.8 Å². The van der Waals surface area contributed by atoms with E-state index in [4.69, 9.17) is 28.9 Å². The Labute approximate surface area is 136 Å². The fraction of sp³-hybridized carbons (Fsp3) is 0.438. The third kappa shape index (κ3) is 4.00. The molecule has 21 heavy (non-hydrogen) atoms. The van der Waals surface area contributed by atoms with E-state index in [9.17, 15) is 0 Å². The van der Waals surface area contributed by atoms with Crippen LogP contribution < -0.4 is 5.73 Å². The van der Waals surface area contributed by atoms with Gasteiger partial charge in [0, 0.05) is 28.8 Å². The monoisotopic (exact) mass is 325 g/mol. The minimum absolute atomic E-state index is 0.0555. The Morgan fingerprint density at radius 2 is 2.00 bits per heavy atom. The van der Waals surface area contributed by atoms with Crippen molar-refractivity contribution in [3.05, 3.63) is 50.8 Å². The van der Waals surface area contributed by atoms with E-state index in [2.05, 4.69) is 12.0 Å². The van der Waals surface area contributed by atoms with Crippen molar-refractivity contribution in [3.63, 3.8) is 0 Å². The maximum absolute atomic E-state index is 6.25. The first-order chi connectivity index (χ1) is 9.88. The Kier molecular flexibility index (Phi) is 5.31. The number of benzene rings is 1. The molecule has 0 aliphatic carbocycles. The van der Waals surface area contributed by atoms with Crippen LogP contribution in [0.5, 0.6) is 0 Å². The highest BCUT2D eigenvalue weighted by molar-refractivity contribution is 6.33. The van der Waals surface area contributed by atoms with Gasteiger partial charge in [0.05, 0.1) is 5.69 Å². The van der Waals surface area contributed by atoms with Crippen LogP contribution in [0.25, 0.3) is 0 Å². The number of nitrogens with zero attached hydrogens (tertiary/aromatic N) is 2. The van der Waals surface area contributed by atoms with Gasteiger partial charge in [-0.25, -0.2) is 0 Å². The molecule has 2 N–H and O–H groups in total. The highest BCUT2D eigenvalue weighted by Gasteiger charge is 2.13. The highest BCUT2D eigenvalue weighted by atomic mass is 35.5. The van der Waals surface area contributed by atoms with Crippen LogP contribution in [0, 0.1) is 13.8 Å². The molecule has 1 aromatic heterocycles. The van der Waals surface area contributed by atoms with Gasteiger partial charge in [0.25, 0.3) is 0 Å². The normalized spacial score (nSPS) is 12.7. The molecule has 1 atom stereocenters. The van der Waals surface area contributed by atoms with E-state index in [1.165, 1.54) is 11.3 Å². The average Bonchev–Trinajstić information content (AvgIpc) is 2.66. The number of aryl methyl sites for hydroxylation is 2. The highest BCUT2D eigenvalue weighted by Crippen LogP contribution is 2.23. The third-order valence-corrected chi connectivity index (χ3v) is 4.52. The van der Waals surface area contributed by atoms with Crippen LogP contribution in [0.2, 0.25) is 10.0 Å². The van der Waals surface area contributed by atoms with Gasteiger partial charge in [0.15, 0.2) is 0 Å². The van der Waals surface area contributed by atoms with Crippen molar-refractivity contribution in [1.29, 1.82) is 0 Å². The zero-order chi connectivity index (χ0) is 15.6. The van der Waals surface area contributed by atoms with Gasteiger partial charge < -0.3 is 5.73 Å². The second kappa shape index (κ2) is 6.82. The molecular formula is C16H21Cl2N3. The topological polar surface area (TPSA) is 43.8 Å². The summed E-state index contributed by atoms with van der Waals surface area (Å²) in [5.41, 5.74) is 10.9. The number of hydrogen-bond donors (Lipinski definition) is 1.